The Balaban J connectivity index is 1.69. The highest BCUT2D eigenvalue weighted by Gasteiger charge is 2.21. The summed E-state index contributed by atoms with van der Waals surface area (Å²) in [4.78, 5) is 28.9. The standard InChI is InChI=1S/C28H21N3O3S/c1-18(26(32)30-22-14-8-13-21(15-22)28(33)34)35-27-24(17-29)23(19-9-4-2-5-10-19)16-25(31-27)20-11-6-3-7-12-20/h2-16,18H,1H3,(H,30,32)(H,33,34). The molecule has 1 heterocycles. The minimum absolute atomic E-state index is 0.0830. The van der Waals surface area contributed by atoms with E-state index in [9.17, 15) is 20.0 Å². The quantitative estimate of drug-likeness (QED) is 0.310. The predicted octanol–water partition coefficient (Wildman–Crippen LogP) is 6.10. The number of rotatable bonds is 7. The van der Waals surface area contributed by atoms with Gasteiger partial charge >= 0.3 is 5.97 Å². The molecule has 172 valence electrons. The number of amides is 1. The van der Waals surface area contributed by atoms with Crippen LogP contribution in [0.15, 0.2) is 96.0 Å². The number of hydrogen-bond acceptors (Lipinski definition) is 5. The van der Waals surface area contributed by atoms with E-state index in [1.165, 1.54) is 23.9 Å². The number of carbonyl (C=O) groups excluding carboxylic acids is 1. The lowest BCUT2D eigenvalue weighted by Crippen LogP contribution is -2.23. The Morgan fingerprint density at radius 2 is 1.60 bits per heavy atom. The summed E-state index contributed by atoms with van der Waals surface area (Å²) in [6.07, 6.45) is 0. The number of hydrogen-bond donors (Lipinski definition) is 2. The molecule has 0 saturated carbocycles. The van der Waals surface area contributed by atoms with Gasteiger partial charge in [-0.15, -0.1) is 0 Å². The predicted molar refractivity (Wildman–Crippen MR) is 137 cm³/mol. The lowest BCUT2D eigenvalue weighted by Gasteiger charge is -2.16. The molecule has 1 unspecified atom stereocenters. The molecule has 0 aliphatic carbocycles. The summed E-state index contributed by atoms with van der Waals surface area (Å²) >= 11 is 1.19. The Morgan fingerprint density at radius 3 is 2.23 bits per heavy atom. The number of benzene rings is 3. The fourth-order valence-corrected chi connectivity index (χ4v) is 4.44. The van der Waals surface area contributed by atoms with Crippen LogP contribution in [-0.2, 0) is 4.79 Å². The fourth-order valence-electron chi connectivity index (χ4n) is 3.51. The Bertz CT molecular complexity index is 1420. The highest BCUT2D eigenvalue weighted by Crippen LogP contribution is 2.35. The van der Waals surface area contributed by atoms with Crippen molar-refractivity contribution in [3.8, 4) is 28.5 Å². The Kier molecular flexibility index (Phi) is 7.24. The average molecular weight is 480 g/mol. The van der Waals surface area contributed by atoms with E-state index >= 15 is 0 Å². The van der Waals surface area contributed by atoms with Crippen LogP contribution in [-0.4, -0.2) is 27.2 Å². The number of aromatic nitrogens is 1. The number of carbonyl (C=O) groups is 2. The first-order chi connectivity index (χ1) is 17.0. The molecular weight excluding hydrogens is 458 g/mol. The lowest BCUT2D eigenvalue weighted by molar-refractivity contribution is -0.115. The van der Waals surface area contributed by atoms with Crippen LogP contribution in [0, 0.1) is 11.3 Å². The van der Waals surface area contributed by atoms with Gasteiger partial charge < -0.3 is 10.4 Å². The van der Waals surface area contributed by atoms with E-state index in [4.69, 9.17) is 4.98 Å². The zero-order valence-electron chi connectivity index (χ0n) is 18.8. The van der Waals surface area contributed by atoms with Crippen LogP contribution in [0.4, 0.5) is 5.69 Å². The smallest absolute Gasteiger partial charge is 0.335 e. The Labute approximate surface area is 207 Å². The molecule has 1 aromatic heterocycles. The van der Waals surface area contributed by atoms with E-state index in [0.717, 1.165) is 16.7 Å². The van der Waals surface area contributed by atoms with E-state index in [0.29, 0.717) is 22.0 Å². The van der Waals surface area contributed by atoms with Gasteiger partial charge in [-0.1, -0.05) is 78.5 Å². The van der Waals surface area contributed by atoms with Gasteiger partial charge in [-0.3, -0.25) is 4.79 Å². The summed E-state index contributed by atoms with van der Waals surface area (Å²) in [7, 11) is 0. The maximum atomic E-state index is 12.9. The second-order valence-corrected chi connectivity index (χ2v) is 9.04. The molecular formula is C28H21N3O3S. The van der Waals surface area contributed by atoms with E-state index in [1.807, 2.05) is 66.7 Å². The molecule has 1 atom stereocenters. The topological polar surface area (TPSA) is 103 Å². The molecule has 7 heteroatoms. The van der Waals surface area contributed by atoms with Gasteiger partial charge in [-0.25, -0.2) is 9.78 Å². The average Bonchev–Trinajstić information content (AvgIpc) is 2.89. The van der Waals surface area contributed by atoms with Gasteiger partial charge in [0, 0.05) is 16.8 Å². The molecule has 0 radical (unpaired) electrons. The van der Waals surface area contributed by atoms with Crippen LogP contribution < -0.4 is 5.32 Å². The fraction of sp³-hybridized carbons (Fsp3) is 0.0714. The zero-order chi connectivity index (χ0) is 24.8. The normalized spacial score (nSPS) is 11.3. The third-order valence-corrected chi connectivity index (χ3v) is 6.37. The summed E-state index contributed by atoms with van der Waals surface area (Å²) in [6.45, 7) is 1.72. The largest absolute Gasteiger partial charge is 0.478 e. The molecule has 3 aromatic carbocycles. The highest BCUT2D eigenvalue weighted by atomic mass is 32.2. The second kappa shape index (κ2) is 10.7. The minimum atomic E-state index is -1.07. The molecule has 4 rings (SSSR count). The Morgan fingerprint density at radius 1 is 0.943 bits per heavy atom. The summed E-state index contributed by atoms with van der Waals surface area (Å²) in [5, 5.41) is 21.8. The molecule has 0 aliphatic heterocycles. The molecule has 0 saturated heterocycles. The molecule has 4 aromatic rings. The van der Waals surface area contributed by atoms with Crippen molar-refractivity contribution in [3.05, 3.63) is 102 Å². The van der Waals surface area contributed by atoms with Gasteiger partial charge in [0.05, 0.1) is 22.1 Å². The third-order valence-electron chi connectivity index (χ3n) is 5.29. The van der Waals surface area contributed by atoms with Crippen molar-refractivity contribution in [1.29, 1.82) is 5.26 Å². The van der Waals surface area contributed by atoms with Crippen LogP contribution in [0.5, 0.6) is 0 Å². The SMILES string of the molecule is CC(Sc1nc(-c2ccccc2)cc(-c2ccccc2)c1C#N)C(=O)Nc1cccc(C(=O)O)c1. The maximum absolute atomic E-state index is 12.9. The minimum Gasteiger partial charge on any atom is -0.478 e. The van der Waals surface area contributed by atoms with Crippen molar-refractivity contribution < 1.29 is 14.7 Å². The number of anilines is 1. The van der Waals surface area contributed by atoms with Crippen LogP contribution in [0.25, 0.3) is 22.4 Å². The molecule has 35 heavy (non-hydrogen) atoms. The molecule has 0 fully saturated rings. The van der Waals surface area contributed by atoms with Crippen LogP contribution in [0.2, 0.25) is 0 Å². The number of pyridine rings is 1. The zero-order valence-corrected chi connectivity index (χ0v) is 19.6. The van der Waals surface area contributed by atoms with E-state index in [-0.39, 0.29) is 11.5 Å². The number of aromatic carboxylic acids is 1. The maximum Gasteiger partial charge on any atom is 0.335 e. The Hall–Kier alpha value is -4.41. The second-order valence-electron chi connectivity index (χ2n) is 7.71. The number of nitrogens with zero attached hydrogens (tertiary/aromatic N) is 2. The first kappa shape index (κ1) is 23.7. The molecule has 6 nitrogen and oxygen atoms in total. The van der Waals surface area contributed by atoms with Gasteiger partial charge in [0.15, 0.2) is 0 Å². The first-order valence-electron chi connectivity index (χ1n) is 10.8. The first-order valence-corrected chi connectivity index (χ1v) is 11.7. The van der Waals surface area contributed by atoms with Crippen LogP contribution in [0.3, 0.4) is 0 Å². The summed E-state index contributed by atoms with van der Waals surface area (Å²) < 4.78 is 0. The summed E-state index contributed by atoms with van der Waals surface area (Å²) in [5.74, 6) is -1.40. The van der Waals surface area contributed by atoms with Crippen molar-refractivity contribution in [1.82, 2.24) is 4.98 Å². The molecule has 0 spiro atoms. The van der Waals surface area contributed by atoms with E-state index in [2.05, 4.69) is 11.4 Å². The van der Waals surface area contributed by atoms with Gasteiger partial charge in [0.1, 0.15) is 11.1 Å². The number of thioether (sulfide) groups is 1. The van der Waals surface area contributed by atoms with Crippen LogP contribution >= 0.6 is 11.8 Å². The van der Waals surface area contributed by atoms with Crippen molar-refractivity contribution in [2.24, 2.45) is 0 Å². The van der Waals surface area contributed by atoms with E-state index < -0.39 is 11.2 Å². The van der Waals surface area contributed by atoms with Crippen LogP contribution in [0.1, 0.15) is 22.8 Å². The van der Waals surface area contributed by atoms with Crippen molar-refractivity contribution in [2.45, 2.75) is 17.2 Å². The number of nitrogens with one attached hydrogen (secondary N) is 1. The van der Waals surface area contributed by atoms with Crippen molar-refractivity contribution in [2.75, 3.05) is 5.32 Å². The highest BCUT2D eigenvalue weighted by molar-refractivity contribution is 8.00. The number of carboxylic acids is 1. The van der Waals surface area contributed by atoms with Gasteiger partial charge in [-0.05, 0) is 36.8 Å². The van der Waals surface area contributed by atoms with Crippen molar-refractivity contribution >= 4 is 29.3 Å². The van der Waals surface area contributed by atoms with Gasteiger partial charge in [0.25, 0.3) is 0 Å². The molecule has 1 amide bonds. The lowest BCUT2D eigenvalue weighted by atomic mass is 9.99. The van der Waals surface area contributed by atoms with Gasteiger partial charge in [-0.2, -0.15) is 5.26 Å². The number of carboxylic acid groups (broad SMARTS) is 1. The summed E-state index contributed by atoms with van der Waals surface area (Å²) in [5.41, 5.74) is 4.09. The number of nitriles is 1. The summed E-state index contributed by atoms with van der Waals surface area (Å²) in [6, 6.07) is 29.5. The molecule has 2 N–H and O–H groups in total. The third kappa shape index (κ3) is 5.57. The molecule has 0 bridgehead atoms. The van der Waals surface area contributed by atoms with Crippen molar-refractivity contribution in [3.63, 3.8) is 0 Å². The monoisotopic (exact) mass is 479 g/mol. The van der Waals surface area contributed by atoms with E-state index in [1.54, 1.807) is 19.1 Å². The molecule has 0 aliphatic rings. The van der Waals surface area contributed by atoms with Gasteiger partial charge in [0.2, 0.25) is 5.91 Å².